The minimum absolute atomic E-state index is 0.0700. The van der Waals surface area contributed by atoms with E-state index >= 15 is 0 Å². The van der Waals surface area contributed by atoms with Crippen LogP contribution in [0.1, 0.15) is 27.5 Å². The van der Waals surface area contributed by atoms with E-state index in [4.69, 9.17) is 5.73 Å². The molecule has 1 amide bonds. The van der Waals surface area contributed by atoms with Crippen LogP contribution in [-0.2, 0) is 4.79 Å². The van der Waals surface area contributed by atoms with Gasteiger partial charge in [-0.2, -0.15) is 0 Å². The van der Waals surface area contributed by atoms with Gasteiger partial charge in [-0.3, -0.25) is 14.5 Å². The molecule has 0 aliphatic carbocycles. The van der Waals surface area contributed by atoms with E-state index in [2.05, 4.69) is 0 Å². The van der Waals surface area contributed by atoms with Gasteiger partial charge in [-0.25, -0.2) is 0 Å². The maximum Gasteiger partial charge on any atom is 0.239 e. The lowest BCUT2D eigenvalue weighted by molar-refractivity contribution is -0.122. The topological polar surface area (TPSA) is 63.4 Å². The van der Waals surface area contributed by atoms with Crippen molar-refractivity contribution < 1.29 is 9.59 Å². The Morgan fingerprint density at radius 3 is 2.14 bits per heavy atom. The fourth-order valence-electron chi connectivity index (χ4n) is 2.32. The number of ketones is 1. The van der Waals surface area contributed by atoms with Crippen molar-refractivity contribution in [1.82, 2.24) is 4.90 Å². The second-order valence-electron chi connectivity index (χ2n) is 5.09. The largest absolute Gasteiger partial charge is 0.368 e. The summed E-state index contributed by atoms with van der Waals surface area (Å²) in [5, 5.41) is 0. The molecule has 108 valence electrons. The van der Waals surface area contributed by atoms with Crippen LogP contribution in [0.3, 0.4) is 0 Å². The van der Waals surface area contributed by atoms with Crippen LogP contribution in [0.5, 0.6) is 0 Å². The van der Waals surface area contributed by atoms with Crippen LogP contribution in [0, 0.1) is 0 Å². The molecule has 1 atom stereocenters. The van der Waals surface area contributed by atoms with E-state index in [9.17, 15) is 9.59 Å². The Morgan fingerprint density at radius 2 is 1.57 bits per heavy atom. The fourth-order valence-corrected chi connectivity index (χ4v) is 2.32. The highest BCUT2D eigenvalue weighted by Gasteiger charge is 2.21. The zero-order chi connectivity index (χ0) is 15.4. The van der Waals surface area contributed by atoms with E-state index in [1.807, 2.05) is 18.2 Å². The van der Waals surface area contributed by atoms with Crippen LogP contribution in [0.15, 0.2) is 54.6 Å². The predicted octanol–water partition coefficient (Wildman–Crippen LogP) is 2.01. The molecule has 0 bridgehead atoms. The molecule has 2 aromatic carbocycles. The van der Waals surface area contributed by atoms with E-state index < -0.39 is 11.9 Å². The highest BCUT2D eigenvalue weighted by atomic mass is 16.1. The molecule has 0 radical (unpaired) electrons. The molecule has 2 aromatic rings. The van der Waals surface area contributed by atoms with Crippen molar-refractivity contribution in [2.75, 3.05) is 14.1 Å². The van der Waals surface area contributed by atoms with E-state index in [-0.39, 0.29) is 5.78 Å². The zero-order valence-electron chi connectivity index (χ0n) is 12.1. The molecule has 0 aliphatic heterocycles. The van der Waals surface area contributed by atoms with Gasteiger partial charge in [-0.1, -0.05) is 48.5 Å². The van der Waals surface area contributed by atoms with Gasteiger partial charge in [0.25, 0.3) is 0 Å². The average Bonchev–Trinajstić information content (AvgIpc) is 2.47. The van der Waals surface area contributed by atoms with Gasteiger partial charge in [-0.15, -0.1) is 0 Å². The second-order valence-corrected chi connectivity index (χ2v) is 5.09. The molecule has 0 spiro atoms. The molecule has 0 aliphatic rings. The van der Waals surface area contributed by atoms with Crippen molar-refractivity contribution in [2.24, 2.45) is 5.73 Å². The van der Waals surface area contributed by atoms with Crippen molar-refractivity contribution in [3.8, 4) is 0 Å². The lowest BCUT2D eigenvalue weighted by atomic mass is 9.98. The third-order valence-corrected chi connectivity index (χ3v) is 3.29. The Balaban J connectivity index is 2.38. The molecule has 1 unspecified atom stereocenters. The number of likely N-dealkylation sites (N-methyl/N-ethyl adjacent to an activating group) is 1. The predicted molar refractivity (Wildman–Crippen MR) is 81.9 cm³/mol. The van der Waals surface area contributed by atoms with Crippen molar-refractivity contribution in [3.63, 3.8) is 0 Å². The van der Waals surface area contributed by atoms with Crippen molar-refractivity contribution >= 4 is 11.7 Å². The number of benzene rings is 2. The first kappa shape index (κ1) is 14.9. The highest BCUT2D eigenvalue weighted by Crippen LogP contribution is 2.20. The van der Waals surface area contributed by atoms with Gasteiger partial charge in [0, 0.05) is 11.1 Å². The number of amides is 1. The highest BCUT2D eigenvalue weighted by molar-refractivity contribution is 6.09. The molecule has 4 nitrogen and oxygen atoms in total. The molecule has 0 saturated carbocycles. The molecule has 0 aromatic heterocycles. The summed E-state index contributed by atoms with van der Waals surface area (Å²) in [4.78, 5) is 25.7. The van der Waals surface area contributed by atoms with Crippen LogP contribution in [0.2, 0.25) is 0 Å². The lowest BCUT2D eigenvalue weighted by Gasteiger charge is -2.21. The Kier molecular flexibility index (Phi) is 4.50. The molecule has 0 heterocycles. The summed E-state index contributed by atoms with van der Waals surface area (Å²) in [7, 11) is 3.56. The number of primary amides is 1. The summed E-state index contributed by atoms with van der Waals surface area (Å²) in [6.07, 6.45) is 0. The number of hydrogen-bond acceptors (Lipinski definition) is 3. The molecular weight excluding hydrogens is 264 g/mol. The number of carbonyl (C=O) groups is 2. The summed E-state index contributed by atoms with van der Waals surface area (Å²) >= 11 is 0. The van der Waals surface area contributed by atoms with E-state index in [1.54, 1.807) is 55.4 Å². The third kappa shape index (κ3) is 3.35. The Labute approximate surface area is 124 Å². The van der Waals surface area contributed by atoms with Crippen molar-refractivity contribution in [3.05, 3.63) is 71.3 Å². The summed E-state index contributed by atoms with van der Waals surface area (Å²) < 4.78 is 0. The molecule has 2 N–H and O–H groups in total. The Hall–Kier alpha value is -2.46. The molecular formula is C17H18N2O2. The third-order valence-electron chi connectivity index (χ3n) is 3.29. The fraction of sp³-hybridized carbons (Fsp3) is 0.176. The van der Waals surface area contributed by atoms with Crippen LogP contribution in [-0.4, -0.2) is 30.7 Å². The van der Waals surface area contributed by atoms with Gasteiger partial charge in [0.2, 0.25) is 5.91 Å². The zero-order valence-corrected chi connectivity index (χ0v) is 12.1. The summed E-state index contributed by atoms with van der Waals surface area (Å²) in [5.74, 6) is -0.510. The first-order chi connectivity index (χ1) is 10.0. The van der Waals surface area contributed by atoms with Crippen LogP contribution in [0.4, 0.5) is 0 Å². The molecule has 21 heavy (non-hydrogen) atoms. The number of nitrogens with zero attached hydrogens (tertiary/aromatic N) is 1. The van der Waals surface area contributed by atoms with Gasteiger partial charge in [0.05, 0.1) is 0 Å². The Bertz CT molecular complexity index is 651. The van der Waals surface area contributed by atoms with Crippen LogP contribution < -0.4 is 5.73 Å². The SMILES string of the molecule is CN(C)C(C(N)=O)c1cccc(C(=O)c2ccccc2)c1. The number of nitrogens with two attached hydrogens (primary N) is 1. The second kappa shape index (κ2) is 6.33. The number of rotatable bonds is 5. The van der Waals surface area contributed by atoms with Crippen molar-refractivity contribution in [1.29, 1.82) is 0 Å². The average molecular weight is 282 g/mol. The van der Waals surface area contributed by atoms with E-state index in [0.717, 1.165) is 0 Å². The quantitative estimate of drug-likeness (QED) is 0.853. The standard InChI is InChI=1S/C17H18N2O2/c1-19(2)15(17(18)21)13-9-6-10-14(11-13)16(20)12-7-4-3-5-8-12/h3-11,15H,1-2H3,(H2,18,21). The minimum atomic E-state index is -0.548. The van der Waals surface area contributed by atoms with Gasteiger partial charge in [0.15, 0.2) is 5.78 Å². The van der Waals surface area contributed by atoms with Crippen molar-refractivity contribution in [2.45, 2.75) is 6.04 Å². The van der Waals surface area contributed by atoms with Gasteiger partial charge in [0.1, 0.15) is 6.04 Å². The first-order valence-corrected chi connectivity index (χ1v) is 6.66. The maximum absolute atomic E-state index is 12.4. The summed E-state index contributed by atoms with van der Waals surface area (Å²) in [6.45, 7) is 0. The molecule has 4 heteroatoms. The van der Waals surface area contributed by atoms with Gasteiger partial charge in [-0.05, 0) is 25.7 Å². The van der Waals surface area contributed by atoms with Gasteiger partial charge < -0.3 is 5.73 Å². The van der Waals surface area contributed by atoms with Crippen LogP contribution in [0.25, 0.3) is 0 Å². The molecule has 0 fully saturated rings. The number of hydrogen-bond donors (Lipinski definition) is 1. The smallest absolute Gasteiger partial charge is 0.239 e. The normalized spacial score (nSPS) is 12.1. The summed E-state index contributed by atoms with van der Waals surface area (Å²) in [5.41, 5.74) is 7.33. The number of carbonyl (C=O) groups excluding carboxylic acids is 2. The Morgan fingerprint density at radius 1 is 0.952 bits per heavy atom. The minimum Gasteiger partial charge on any atom is -0.368 e. The first-order valence-electron chi connectivity index (χ1n) is 6.66. The lowest BCUT2D eigenvalue weighted by Crippen LogP contribution is -2.32. The maximum atomic E-state index is 12.4. The summed E-state index contributed by atoms with van der Waals surface area (Å²) in [6, 6.07) is 15.5. The monoisotopic (exact) mass is 282 g/mol. The molecule has 2 rings (SSSR count). The van der Waals surface area contributed by atoms with E-state index in [0.29, 0.717) is 16.7 Å². The van der Waals surface area contributed by atoms with Gasteiger partial charge >= 0.3 is 0 Å². The molecule has 0 saturated heterocycles. The van der Waals surface area contributed by atoms with Crippen LogP contribution >= 0.6 is 0 Å². The van der Waals surface area contributed by atoms with E-state index in [1.165, 1.54) is 0 Å².